The lowest BCUT2D eigenvalue weighted by molar-refractivity contribution is 0.557. The fourth-order valence-corrected chi connectivity index (χ4v) is 1.60. The lowest BCUT2D eigenvalue weighted by Crippen LogP contribution is -2.15. The summed E-state index contributed by atoms with van der Waals surface area (Å²) < 4.78 is 1.79. The van der Waals surface area contributed by atoms with Crippen molar-refractivity contribution in [1.29, 1.82) is 0 Å². The molecule has 0 aliphatic heterocycles. The SMILES string of the molecule is CCC(C)n1sccc1=O. The van der Waals surface area contributed by atoms with Crippen LogP contribution in [0.15, 0.2) is 16.2 Å². The molecule has 0 aromatic carbocycles. The first-order valence-corrected chi connectivity index (χ1v) is 4.26. The van der Waals surface area contributed by atoms with Crippen molar-refractivity contribution in [3.63, 3.8) is 0 Å². The first-order chi connectivity index (χ1) is 4.75. The Hall–Kier alpha value is -0.570. The van der Waals surface area contributed by atoms with E-state index in [1.807, 2.05) is 5.38 Å². The van der Waals surface area contributed by atoms with Crippen molar-refractivity contribution in [2.75, 3.05) is 0 Å². The second kappa shape index (κ2) is 3.01. The molecule has 1 unspecified atom stereocenters. The predicted molar refractivity (Wildman–Crippen MR) is 43.6 cm³/mol. The molecule has 0 fully saturated rings. The topological polar surface area (TPSA) is 22.0 Å². The lowest BCUT2D eigenvalue weighted by Gasteiger charge is -2.06. The van der Waals surface area contributed by atoms with Crippen molar-refractivity contribution in [3.05, 3.63) is 21.8 Å². The summed E-state index contributed by atoms with van der Waals surface area (Å²) in [5.41, 5.74) is 0.124. The molecule has 0 radical (unpaired) electrons. The molecular weight excluding hydrogens is 146 g/mol. The van der Waals surface area contributed by atoms with Gasteiger partial charge in [0.05, 0.1) is 0 Å². The van der Waals surface area contributed by atoms with Crippen LogP contribution >= 0.6 is 11.5 Å². The Bertz CT molecular complexity index is 250. The second-order valence-electron chi connectivity index (χ2n) is 2.33. The van der Waals surface area contributed by atoms with E-state index in [0.29, 0.717) is 6.04 Å². The van der Waals surface area contributed by atoms with Crippen LogP contribution in [0.25, 0.3) is 0 Å². The van der Waals surface area contributed by atoms with Crippen molar-refractivity contribution in [3.8, 4) is 0 Å². The van der Waals surface area contributed by atoms with Gasteiger partial charge in [0, 0.05) is 17.5 Å². The third kappa shape index (κ3) is 1.29. The summed E-state index contributed by atoms with van der Waals surface area (Å²) in [4.78, 5) is 11.0. The molecule has 2 nitrogen and oxygen atoms in total. The molecule has 0 spiro atoms. The van der Waals surface area contributed by atoms with Crippen LogP contribution in [-0.4, -0.2) is 3.96 Å². The molecule has 56 valence electrons. The smallest absolute Gasteiger partial charge is 0.260 e. The van der Waals surface area contributed by atoms with Gasteiger partial charge in [0.25, 0.3) is 5.56 Å². The number of nitrogens with zero attached hydrogens (tertiary/aromatic N) is 1. The number of hydrogen-bond acceptors (Lipinski definition) is 2. The van der Waals surface area contributed by atoms with Gasteiger partial charge >= 0.3 is 0 Å². The zero-order chi connectivity index (χ0) is 7.56. The molecule has 0 aliphatic carbocycles. The van der Waals surface area contributed by atoms with Crippen LogP contribution in [0.2, 0.25) is 0 Å². The van der Waals surface area contributed by atoms with E-state index in [1.165, 1.54) is 11.5 Å². The minimum Gasteiger partial charge on any atom is -0.268 e. The molecule has 3 heteroatoms. The van der Waals surface area contributed by atoms with Crippen molar-refractivity contribution in [2.45, 2.75) is 26.3 Å². The highest BCUT2D eigenvalue weighted by molar-refractivity contribution is 7.04. The first-order valence-electron chi connectivity index (χ1n) is 3.42. The molecule has 1 aromatic heterocycles. The highest BCUT2D eigenvalue weighted by Crippen LogP contribution is 2.09. The third-order valence-electron chi connectivity index (χ3n) is 1.59. The van der Waals surface area contributed by atoms with E-state index >= 15 is 0 Å². The van der Waals surface area contributed by atoms with Gasteiger partial charge in [0.2, 0.25) is 0 Å². The van der Waals surface area contributed by atoms with E-state index < -0.39 is 0 Å². The van der Waals surface area contributed by atoms with Crippen LogP contribution in [-0.2, 0) is 0 Å². The largest absolute Gasteiger partial charge is 0.268 e. The monoisotopic (exact) mass is 157 g/mol. The second-order valence-corrected chi connectivity index (χ2v) is 3.21. The van der Waals surface area contributed by atoms with Crippen LogP contribution < -0.4 is 5.56 Å². The minimum absolute atomic E-state index is 0.124. The summed E-state index contributed by atoms with van der Waals surface area (Å²) in [5.74, 6) is 0. The molecule has 0 aliphatic rings. The van der Waals surface area contributed by atoms with Gasteiger partial charge in [-0.05, 0) is 13.3 Å². The summed E-state index contributed by atoms with van der Waals surface area (Å²) in [6.45, 7) is 4.13. The van der Waals surface area contributed by atoms with Gasteiger partial charge in [-0.25, -0.2) is 0 Å². The van der Waals surface area contributed by atoms with Gasteiger partial charge in [-0.1, -0.05) is 18.5 Å². The number of aromatic nitrogens is 1. The average Bonchev–Trinajstić information content (AvgIpc) is 2.34. The molecule has 0 bridgehead atoms. The van der Waals surface area contributed by atoms with E-state index in [1.54, 1.807) is 10.0 Å². The third-order valence-corrected chi connectivity index (χ3v) is 2.62. The van der Waals surface area contributed by atoms with E-state index in [2.05, 4.69) is 13.8 Å². The maximum atomic E-state index is 11.0. The van der Waals surface area contributed by atoms with Gasteiger partial charge < -0.3 is 0 Å². The maximum absolute atomic E-state index is 11.0. The summed E-state index contributed by atoms with van der Waals surface area (Å²) in [7, 11) is 0. The Morgan fingerprint density at radius 1 is 1.80 bits per heavy atom. The van der Waals surface area contributed by atoms with Gasteiger partial charge in [0.1, 0.15) is 0 Å². The predicted octanol–water partition coefficient (Wildman–Crippen LogP) is 1.88. The molecule has 0 N–H and O–H groups in total. The molecule has 1 heterocycles. The minimum atomic E-state index is 0.124. The van der Waals surface area contributed by atoms with Crippen LogP contribution in [0.3, 0.4) is 0 Å². The Labute approximate surface area is 64.3 Å². The molecule has 0 saturated carbocycles. The highest BCUT2D eigenvalue weighted by atomic mass is 32.1. The molecule has 1 atom stereocenters. The van der Waals surface area contributed by atoms with Gasteiger partial charge in [0.15, 0.2) is 0 Å². The number of rotatable bonds is 2. The van der Waals surface area contributed by atoms with E-state index in [-0.39, 0.29) is 5.56 Å². The van der Waals surface area contributed by atoms with Crippen LogP contribution in [0.1, 0.15) is 26.3 Å². The summed E-state index contributed by atoms with van der Waals surface area (Å²) >= 11 is 1.49. The number of hydrogen-bond donors (Lipinski definition) is 0. The zero-order valence-electron chi connectivity index (χ0n) is 6.20. The van der Waals surface area contributed by atoms with Crippen molar-refractivity contribution in [2.24, 2.45) is 0 Å². The van der Waals surface area contributed by atoms with Gasteiger partial charge in [-0.2, -0.15) is 0 Å². The van der Waals surface area contributed by atoms with E-state index in [4.69, 9.17) is 0 Å². The quantitative estimate of drug-likeness (QED) is 0.642. The summed E-state index contributed by atoms with van der Waals surface area (Å²) in [6, 6.07) is 1.96. The maximum Gasteiger partial charge on any atom is 0.260 e. The fourth-order valence-electron chi connectivity index (χ4n) is 0.767. The van der Waals surface area contributed by atoms with Crippen molar-refractivity contribution >= 4 is 11.5 Å². The Morgan fingerprint density at radius 2 is 2.50 bits per heavy atom. The summed E-state index contributed by atoms with van der Waals surface area (Å²) in [6.07, 6.45) is 1.01. The molecule has 0 amide bonds. The van der Waals surface area contributed by atoms with E-state index in [0.717, 1.165) is 6.42 Å². The molecule has 10 heavy (non-hydrogen) atoms. The normalized spacial score (nSPS) is 13.4. The molecule has 1 rings (SSSR count). The standard InChI is InChI=1S/C7H11NOS/c1-3-6(2)8-7(9)4-5-10-8/h4-6H,3H2,1-2H3. The average molecular weight is 157 g/mol. The lowest BCUT2D eigenvalue weighted by atomic mass is 10.3. The Balaban J connectivity index is 2.93. The van der Waals surface area contributed by atoms with Crippen LogP contribution in [0, 0.1) is 0 Å². The van der Waals surface area contributed by atoms with Crippen molar-refractivity contribution < 1.29 is 0 Å². The zero-order valence-corrected chi connectivity index (χ0v) is 7.02. The van der Waals surface area contributed by atoms with Crippen molar-refractivity contribution in [1.82, 2.24) is 3.96 Å². The Morgan fingerprint density at radius 3 is 2.90 bits per heavy atom. The Kier molecular flexibility index (Phi) is 2.27. The summed E-state index contributed by atoms with van der Waals surface area (Å²) in [5, 5.41) is 1.83. The van der Waals surface area contributed by atoms with E-state index in [9.17, 15) is 4.79 Å². The van der Waals surface area contributed by atoms with Crippen LogP contribution in [0.4, 0.5) is 0 Å². The van der Waals surface area contributed by atoms with Crippen LogP contribution in [0.5, 0.6) is 0 Å². The molecular formula is C7H11NOS. The van der Waals surface area contributed by atoms with Gasteiger partial charge in [-0.3, -0.25) is 8.75 Å². The van der Waals surface area contributed by atoms with Gasteiger partial charge in [-0.15, -0.1) is 0 Å². The highest BCUT2D eigenvalue weighted by Gasteiger charge is 2.02. The molecule has 0 saturated heterocycles. The first kappa shape index (κ1) is 7.54. The fraction of sp³-hybridized carbons (Fsp3) is 0.571. The molecule has 1 aromatic rings.